The second-order valence-electron chi connectivity index (χ2n) is 11.3. The molecule has 0 amide bonds. The molecule has 0 radical (unpaired) electrons. The average Bonchev–Trinajstić information content (AvgIpc) is 3.45. The van der Waals surface area contributed by atoms with Gasteiger partial charge in [-0.1, -0.05) is 48.5 Å². The van der Waals surface area contributed by atoms with E-state index in [4.69, 9.17) is 15.2 Å². The zero-order valence-electron chi connectivity index (χ0n) is 24.7. The third-order valence-electron chi connectivity index (χ3n) is 8.32. The van der Waals surface area contributed by atoms with E-state index in [1.807, 2.05) is 36.4 Å². The minimum atomic E-state index is -3.73. The fourth-order valence-corrected chi connectivity index (χ4v) is 8.17. The Morgan fingerprint density at radius 3 is 2.48 bits per heavy atom. The molecule has 11 nitrogen and oxygen atoms in total. The summed E-state index contributed by atoms with van der Waals surface area (Å²) in [6.45, 7) is 1.85. The number of piperidine rings is 1. The first-order valence-corrected chi connectivity index (χ1v) is 17.6. The summed E-state index contributed by atoms with van der Waals surface area (Å²) in [5.41, 5.74) is 7.78. The molecule has 2 heterocycles. The van der Waals surface area contributed by atoms with Crippen LogP contribution in [-0.4, -0.2) is 83.9 Å². The molecule has 2 aliphatic rings. The summed E-state index contributed by atoms with van der Waals surface area (Å²) in [6, 6.07) is 20.8. The number of nitrogens with zero attached hydrogens (tertiary/aromatic N) is 1. The van der Waals surface area contributed by atoms with Gasteiger partial charge < -0.3 is 25.6 Å². The molecule has 3 aromatic rings. The van der Waals surface area contributed by atoms with E-state index in [-0.39, 0.29) is 29.0 Å². The van der Waals surface area contributed by atoms with E-state index in [1.54, 1.807) is 28.6 Å². The van der Waals surface area contributed by atoms with Crippen molar-refractivity contribution in [2.45, 2.75) is 53.3 Å². The Kier molecular flexibility index (Phi) is 10.1. The number of ether oxygens (including phenoxy) is 2. The van der Waals surface area contributed by atoms with Gasteiger partial charge in [0.25, 0.3) is 0 Å². The van der Waals surface area contributed by atoms with Crippen molar-refractivity contribution >= 4 is 20.0 Å². The van der Waals surface area contributed by atoms with Crippen molar-refractivity contribution in [3.8, 4) is 16.9 Å². The van der Waals surface area contributed by atoms with Gasteiger partial charge >= 0.3 is 0 Å². The summed E-state index contributed by atoms with van der Waals surface area (Å²) in [6.07, 6.45) is 1.04. The summed E-state index contributed by atoms with van der Waals surface area (Å²) < 4.78 is 67.2. The summed E-state index contributed by atoms with van der Waals surface area (Å²) in [5, 5.41) is 13.8. The molecule has 0 aromatic heterocycles. The van der Waals surface area contributed by atoms with Gasteiger partial charge in [-0.2, -0.15) is 4.31 Å². The molecule has 3 aromatic carbocycles. The molecule has 2 aliphatic heterocycles. The largest absolute Gasteiger partial charge is 0.491 e. The predicted molar refractivity (Wildman–Crippen MR) is 167 cm³/mol. The van der Waals surface area contributed by atoms with E-state index >= 15 is 0 Å². The maximum Gasteiger partial charge on any atom is 0.243 e. The third-order valence-corrected chi connectivity index (χ3v) is 11.7. The minimum absolute atomic E-state index is 0.00845. The Labute approximate surface area is 259 Å². The van der Waals surface area contributed by atoms with Gasteiger partial charge in [0.1, 0.15) is 18.5 Å². The summed E-state index contributed by atoms with van der Waals surface area (Å²) in [5.74, 6) is 0.345. The molecule has 238 valence electrons. The fraction of sp³-hybridized carbons (Fsp3) is 0.419. The highest BCUT2D eigenvalue weighted by Gasteiger charge is 2.45. The number of benzene rings is 3. The minimum Gasteiger partial charge on any atom is -0.491 e. The summed E-state index contributed by atoms with van der Waals surface area (Å²) in [7, 11) is -5.98. The lowest BCUT2D eigenvalue weighted by molar-refractivity contribution is -0.0312. The van der Waals surface area contributed by atoms with Gasteiger partial charge in [-0.3, -0.25) is 0 Å². The van der Waals surface area contributed by atoms with Gasteiger partial charge in [0.15, 0.2) is 0 Å². The second kappa shape index (κ2) is 13.6. The normalized spacial score (nSPS) is 19.7. The topological polar surface area (TPSA) is 160 Å². The lowest BCUT2D eigenvalue weighted by Crippen LogP contribution is -2.47. The van der Waals surface area contributed by atoms with Crippen molar-refractivity contribution in [2.24, 2.45) is 5.73 Å². The number of rotatable bonds is 12. The average molecular weight is 645 g/mol. The number of hydrogen-bond donors (Lipinski definition) is 4. The number of hydrogen-bond acceptors (Lipinski definition) is 9. The highest BCUT2D eigenvalue weighted by molar-refractivity contribution is 7.89. The molecular weight excluding hydrogens is 604 g/mol. The van der Waals surface area contributed by atoms with Gasteiger partial charge in [0.05, 0.1) is 22.0 Å². The first kappa shape index (κ1) is 32.5. The van der Waals surface area contributed by atoms with Gasteiger partial charge in [0, 0.05) is 43.9 Å². The van der Waals surface area contributed by atoms with E-state index in [0.717, 1.165) is 11.1 Å². The highest BCUT2D eigenvalue weighted by atomic mass is 32.2. The Hall–Kier alpha value is -2.88. The van der Waals surface area contributed by atoms with Gasteiger partial charge in [-0.25, -0.2) is 21.6 Å². The number of nitrogens with one attached hydrogen (secondary N) is 2. The van der Waals surface area contributed by atoms with Crippen LogP contribution in [0.3, 0.4) is 0 Å². The lowest BCUT2D eigenvalue weighted by Gasteiger charge is -2.38. The van der Waals surface area contributed by atoms with Gasteiger partial charge in [0.2, 0.25) is 20.0 Å². The molecule has 1 spiro atoms. The SMILES string of the molecule is CNS(=O)(=O)c1cccc(OCC(O)CNC2COC3(CCN(S(=O)(=O)c4ccccc4-c4ccc(CN)cc4)CC3)C2)c1. The second-order valence-corrected chi connectivity index (χ2v) is 15.0. The number of sulfonamides is 2. The van der Waals surface area contributed by atoms with Crippen molar-refractivity contribution in [1.29, 1.82) is 0 Å². The zero-order valence-corrected chi connectivity index (χ0v) is 26.3. The fourth-order valence-electron chi connectivity index (χ4n) is 5.75. The molecule has 13 heteroatoms. The van der Waals surface area contributed by atoms with Crippen molar-refractivity contribution in [3.63, 3.8) is 0 Å². The quantitative estimate of drug-likeness (QED) is 0.231. The number of aliphatic hydroxyl groups excluding tert-OH is 1. The van der Waals surface area contributed by atoms with Crippen molar-refractivity contribution in [1.82, 2.24) is 14.3 Å². The van der Waals surface area contributed by atoms with Crippen LogP contribution in [0.15, 0.2) is 82.6 Å². The third kappa shape index (κ3) is 7.32. The van der Waals surface area contributed by atoms with Gasteiger partial charge in [-0.05, 0) is 55.6 Å². The van der Waals surface area contributed by atoms with Crippen LogP contribution in [0.25, 0.3) is 11.1 Å². The predicted octanol–water partition coefficient (Wildman–Crippen LogP) is 2.06. The van der Waals surface area contributed by atoms with Crippen LogP contribution in [0.2, 0.25) is 0 Å². The van der Waals surface area contributed by atoms with Crippen LogP contribution in [0, 0.1) is 0 Å². The molecule has 5 rings (SSSR count). The van der Waals surface area contributed by atoms with Crippen molar-refractivity contribution in [2.75, 3.05) is 39.9 Å². The van der Waals surface area contributed by atoms with Crippen molar-refractivity contribution in [3.05, 3.63) is 78.4 Å². The molecule has 0 bridgehead atoms. The van der Waals surface area contributed by atoms with Crippen LogP contribution in [-0.2, 0) is 31.3 Å². The van der Waals surface area contributed by atoms with Crippen LogP contribution in [0.1, 0.15) is 24.8 Å². The molecule has 2 saturated heterocycles. The van der Waals surface area contributed by atoms with Crippen LogP contribution < -0.4 is 20.5 Å². The van der Waals surface area contributed by atoms with E-state index in [9.17, 15) is 21.9 Å². The van der Waals surface area contributed by atoms with Crippen LogP contribution >= 0.6 is 0 Å². The molecule has 0 aliphatic carbocycles. The maximum atomic E-state index is 13.8. The molecule has 44 heavy (non-hydrogen) atoms. The standard InChI is InChI=1S/C31H40N4O7S2/c1-33-43(37,38)28-6-4-5-27(17-28)41-22-26(36)20-34-25-18-31(42-21-25)13-15-35(16-14-31)44(39,40)30-8-3-2-7-29(30)24-11-9-23(19-32)10-12-24/h2-12,17,25-26,33-34,36H,13-16,18-22,32H2,1H3. The first-order chi connectivity index (χ1) is 21.0. The Morgan fingerprint density at radius 1 is 1.05 bits per heavy atom. The highest BCUT2D eigenvalue weighted by Crippen LogP contribution is 2.38. The van der Waals surface area contributed by atoms with E-state index < -0.39 is 31.8 Å². The summed E-state index contributed by atoms with van der Waals surface area (Å²) in [4.78, 5) is 0.370. The van der Waals surface area contributed by atoms with E-state index in [0.29, 0.717) is 56.8 Å². The zero-order chi connectivity index (χ0) is 31.4. The first-order valence-electron chi connectivity index (χ1n) is 14.7. The Bertz CT molecular complexity index is 1640. The lowest BCUT2D eigenvalue weighted by atomic mass is 9.88. The molecular formula is C31H40N4O7S2. The number of aliphatic hydroxyl groups is 1. The molecule has 5 N–H and O–H groups in total. The maximum absolute atomic E-state index is 13.8. The number of nitrogens with two attached hydrogens (primary N) is 1. The molecule has 2 unspecified atom stereocenters. The molecule has 0 saturated carbocycles. The molecule has 2 fully saturated rings. The van der Waals surface area contributed by atoms with Crippen molar-refractivity contribution < 1.29 is 31.4 Å². The Morgan fingerprint density at radius 2 is 1.77 bits per heavy atom. The van der Waals surface area contributed by atoms with E-state index in [2.05, 4.69) is 10.0 Å². The smallest absolute Gasteiger partial charge is 0.243 e. The monoisotopic (exact) mass is 644 g/mol. The van der Waals surface area contributed by atoms with Crippen LogP contribution in [0.5, 0.6) is 5.75 Å². The summed E-state index contributed by atoms with van der Waals surface area (Å²) >= 11 is 0. The van der Waals surface area contributed by atoms with Gasteiger partial charge in [-0.15, -0.1) is 0 Å². The molecule has 2 atom stereocenters. The van der Waals surface area contributed by atoms with E-state index in [1.165, 1.54) is 19.2 Å². The Balaban J connectivity index is 1.12. The van der Waals surface area contributed by atoms with Crippen LogP contribution in [0.4, 0.5) is 0 Å².